The molecule has 6 heteroatoms. The van der Waals surface area contributed by atoms with Gasteiger partial charge in [-0.1, -0.05) is 12.1 Å². The lowest BCUT2D eigenvalue weighted by Crippen LogP contribution is -2.41. The van der Waals surface area contributed by atoms with Crippen LogP contribution in [0.2, 0.25) is 0 Å². The van der Waals surface area contributed by atoms with Crippen LogP contribution in [0, 0.1) is 5.82 Å². The number of hydrogen-bond acceptors (Lipinski definition) is 3. The van der Waals surface area contributed by atoms with Crippen molar-refractivity contribution in [2.24, 2.45) is 4.99 Å². The zero-order valence-corrected chi connectivity index (χ0v) is 14.7. The molecule has 0 radical (unpaired) electrons. The molecule has 0 aliphatic carbocycles. The number of likely N-dealkylation sites (N-methyl/N-ethyl adjacent to an activating group) is 1. The Labute approximate surface area is 144 Å². The van der Waals surface area contributed by atoms with Crippen molar-refractivity contribution in [3.63, 3.8) is 0 Å². The molecule has 1 aliphatic heterocycles. The molecule has 2 rings (SSSR count). The highest BCUT2D eigenvalue weighted by Crippen LogP contribution is 2.11. The van der Waals surface area contributed by atoms with Gasteiger partial charge in [-0.15, -0.1) is 0 Å². The van der Waals surface area contributed by atoms with Crippen LogP contribution in [0.25, 0.3) is 0 Å². The molecular formula is C18H29FN4O. The van der Waals surface area contributed by atoms with E-state index in [0.717, 1.165) is 57.2 Å². The normalized spacial score (nSPS) is 18.2. The van der Waals surface area contributed by atoms with Crippen LogP contribution in [-0.4, -0.2) is 56.8 Å². The molecule has 134 valence electrons. The number of nitrogens with one attached hydrogen (secondary N) is 2. The van der Waals surface area contributed by atoms with Gasteiger partial charge in [0.2, 0.25) is 0 Å². The highest BCUT2D eigenvalue weighted by atomic mass is 19.1. The van der Waals surface area contributed by atoms with E-state index in [1.54, 1.807) is 0 Å². The zero-order valence-electron chi connectivity index (χ0n) is 14.7. The summed E-state index contributed by atoms with van der Waals surface area (Å²) in [4.78, 5) is 6.79. The molecule has 1 fully saturated rings. The quantitative estimate of drug-likeness (QED) is 0.563. The van der Waals surface area contributed by atoms with Crippen molar-refractivity contribution < 1.29 is 9.13 Å². The third-order valence-electron chi connectivity index (χ3n) is 3.97. The van der Waals surface area contributed by atoms with E-state index in [2.05, 4.69) is 34.5 Å². The van der Waals surface area contributed by atoms with Gasteiger partial charge in [-0.25, -0.2) is 4.39 Å². The monoisotopic (exact) mass is 336 g/mol. The van der Waals surface area contributed by atoms with Crippen molar-refractivity contribution in [1.29, 1.82) is 0 Å². The molecule has 1 aromatic carbocycles. The van der Waals surface area contributed by atoms with E-state index in [4.69, 9.17) is 4.74 Å². The molecule has 1 heterocycles. The van der Waals surface area contributed by atoms with Crippen molar-refractivity contribution in [1.82, 2.24) is 15.5 Å². The Kier molecular flexibility index (Phi) is 7.98. The van der Waals surface area contributed by atoms with Crippen molar-refractivity contribution in [2.45, 2.75) is 32.4 Å². The first-order chi connectivity index (χ1) is 11.7. The van der Waals surface area contributed by atoms with Crippen LogP contribution in [0.5, 0.6) is 0 Å². The number of guanidine groups is 1. The van der Waals surface area contributed by atoms with Crippen LogP contribution < -0.4 is 10.6 Å². The van der Waals surface area contributed by atoms with Crippen LogP contribution in [0.1, 0.15) is 25.3 Å². The van der Waals surface area contributed by atoms with Crippen LogP contribution in [0.3, 0.4) is 0 Å². The van der Waals surface area contributed by atoms with Gasteiger partial charge in [-0.05, 0) is 44.5 Å². The fraction of sp³-hybridized carbons (Fsp3) is 0.611. The highest BCUT2D eigenvalue weighted by Gasteiger charge is 2.14. The summed E-state index contributed by atoms with van der Waals surface area (Å²) in [6.45, 7) is 6.94. The average Bonchev–Trinajstić information content (AvgIpc) is 3.08. The molecule has 1 unspecified atom stereocenters. The van der Waals surface area contributed by atoms with Crippen molar-refractivity contribution in [3.8, 4) is 0 Å². The van der Waals surface area contributed by atoms with E-state index < -0.39 is 0 Å². The first kappa shape index (κ1) is 18.7. The summed E-state index contributed by atoms with van der Waals surface area (Å²) in [6, 6.07) is 6.66. The Bertz CT molecular complexity index is 500. The number of rotatable bonds is 8. The SMILES string of the molecule is CCNC(=NCC1CCCO1)NCCN(C)Cc1ccc(F)cc1. The van der Waals surface area contributed by atoms with E-state index in [1.165, 1.54) is 12.1 Å². The van der Waals surface area contributed by atoms with Crippen LogP contribution in [0.4, 0.5) is 4.39 Å². The highest BCUT2D eigenvalue weighted by molar-refractivity contribution is 5.79. The lowest BCUT2D eigenvalue weighted by atomic mass is 10.2. The molecule has 5 nitrogen and oxygen atoms in total. The number of nitrogens with zero attached hydrogens (tertiary/aromatic N) is 2. The number of halogens is 1. The minimum absolute atomic E-state index is 0.194. The summed E-state index contributed by atoms with van der Waals surface area (Å²) in [5.74, 6) is 0.643. The minimum atomic E-state index is -0.194. The molecule has 1 aromatic rings. The summed E-state index contributed by atoms with van der Waals surface area (Å²) < 4.78 is 18.5. The van der Waals surface area contributed by atoms with Gasteiger partial charge in [0, 0.05) is 32.8 Å². The Balaban J connectivity index is 1.70. The van der Waals surface area contributed by atoms with Gasteiger partial charge < -0.3 is 20.3 Å². The second kappa shape index (κ2) is 10.3. The maximum absolute atomic E-state index is 12.9. The predicted molar refractivity (Wildman–Crippen MR) is 95.7 cm³/mol. The summed E-state index contributed by atoms with van der Waals surface area (Å²) in [5, 5.41) is 6.61. The summed E-state index contributed by atoms with van der Waals surface area (Å²) >= 11 is 0. The fourth-order valence-electron chi connectivity index (χ4n) is 2.67. The molecule has 1 saturated heterocycles. The Hall–Kier alpha value is -1.66. The second-order valence-electron chi connectivity index (χ2n) is 6.15. The van der Waals surface area contributed by atoms with Crippen molar-refractivity contribution >= 4 is 5.96 Å². The lowest BCUT2D eigenvalue weighted by Gasteiger charge is -2.18. The smallest absolute Gasteiger partial charge is 0.191 e. The van der Waals surface area contributed by atoms with Gasteiger partial charge >= 0.3 is 0 Å². The van der Waals surface area contributed by atoms with Crippen LogP contribution in [-0.2, 0) is 11.3 Å². The molecule has 0 aromatic heterocycles. The van der Waals surface area contributed by atoms with E-state index in [-0.39, 0.29) is 11.9 Å². The molecule has 0 saturated carbocycles. The molecule has 0 spiro atoms. The van der Waals surface area contributed by atoms with Crippen LogP contribution in [0.15, 0.2) is 29.3 Å². The molecule has 1 atom stereocenters. The third kappa shape index (κ3) is 6.84. The van der Waals surface area contributed by atoms with E-state index in [1.807, 2.05) is 12.1 Å². The molecule has 0 amide bonds. The summed E-state index contributed by atoms with van der Waals surface area (Å²) in [7, 11) is 2.06. The van der Waals surface area contributed by atoms with E-state index >= 15 is 0 Å². The third-order valence-corrected chi connectivity index (χ3v) is 3.97. The first-order valence-electron chi connectivity index (χ1n) is 8.74. The number of aliphatic imine (C=N–C) groups is 1. The summed E-state index contributed by atoms with van der Waals surface area (Å²) in [6.07, 6.45) is 2.50. The summed E-state index contributed by atoms with van der Waals surface area (Å²) in [5.41, 5.74) is 1.11. The Morgan fingerprint density at radius 2 is 2.12 bits per heavy atom. The lowest BCUT2D eigenvalue weighted by molar-refractivity contribution is 0.117. The second-order valence-corrected chi connectivity index (χ2v) is 6.15. The molecular weight excluding hydrogens is 307 g/mol. The Morgan fingerprint density at radius 1 is 1.33 bits per heavy atom. The first-order valence-corrected chi connectivity index (χ1v) is 8.74. The van der Waals surface area contributed by atoms with Gasteiger partial charge in [0.05, 0.1) is 12.6 Å². The van der Waals surface area contributed by atoms with E-state index in [9.17, 15) is 4.39 Å². The number of hydrogen-bond donors (Lipinski definition) is 2. The number of benzene rings is 1. The standard InChI is InChI=1S/C18H29FN4O/c1-3-20-18(22-13-17-5-4-12-24-17)21-10-11-23(2)14-15-6-8-16(19)9-7-15/h6-9,17H,3-5,10-14H2,1-2H3,(H2,20,21,22). The van der Waals surface area contributed by atoms with E-state index in [0.29, 0.717) is 6.54 Å². The minimum Gasteiger partial charge on any atom is -0.376 e. The van der Waals surface area contributed by atoms with Gasteiger partial charge in [-0.2, -0.15) is 0 Å². The van der Waals surface area contributed by atoms with Gasteiger partial charge in [0.25, 0.3) is 0 Å². The molecule has 1 aliphatic rings. The van der Waals surface area contributed by atoms with Gasteiger partial charge in [-0.3, -0.25) is 4.99 Å². The zero-order chi connectivity index (χ0) is 17.2. The fourth-order valence-corrected chi connectivity index (χ4v) is 2.67. The largest absolute Gasteiger partial charge is 0.376 e. The molecule has 0 bridgehead atoms. The maximum Gasteiger partial charge on any atom is 0.191 e. The van der Waals surface area contributed by atoms with Crippen molar-refractivity contribution in [2.75, 3.05) is 39.8 Å². The van der Waals surface area contributed by atoms with Crippen LogP contribution >= 0.6 is 0 Å². The predicted octanol–water partition coefficient (Wildman–Crippen LogP) is 1.99. The topological polar surface area (TPSA) is 48.9 Å². The maximum atomic E-state index is 12.9. The molecule has 24 heavy (non-hydrogen) atoms. The number of ether oxygens (including phenoxy) is 1. The Morgan fingerprint density at radius 3 is 2.79 bits per heavy atom. The molecule has 2 N–H and O–H groups in total. The average molecular weight is 336 g/mol. The van der Waals surface area contributed by atoms with Gasteiger partial charge in [0.15, 0.2) is 5.96 Å². The van der Waals surface area contributed by atoms with Gasteiger partial charge in [0.1, 0.15) is 5.82 Å². The van der Waals surface area contributed by atoms with Crippen molar-refractivity contribution in [3.05, 3.63) is 35.6 Å².